The molecule has 1 saturated carbocycles. The van der Waals surface area contributed by atoms with Crippen LogP contribution in [0.25, 0.3) is 0 Å². The smallest absolute Gasteiger partial charge is 0.335 e. The first kappa shape index (κ1) is 13.0. The molecule has 0 aromatic heterocycles. The fourth-order valence-corrected chi connectivity index (χ4v) is 2.69. The molecule has 2 rings (SSSR count). The SMILES string of the molecule is O=C(O)c1ccc(F)c(S(=O)(=O)NCC2CC2)c1. The number of benzene rings is 1. The predicted octanol–water partition coefficient (Wildman–Crippen LogP) is 1.21. The molecule has 2 N–H and O–H groups in total. The normalized spacial score (nSPS) is 15.6. The summed E-state index contributed by atoms with van der Waals surface area (Å²) >= 11 is 0. The van der Waals surface area contributed by atoms with E-state index in [0.29, 0.717) is 5.92 Å². The van der Waals surface area contributed by atoms with Crippen LogP contribution in [-0.4, -0.2) is 26.0 Å². The molecule has 7 heteroatoms. The van der Waals surface area contributed by atoms with Gasteiger partial charge in [-0.2, -0.15) is 0 Å². The molecule has 0 saturated heterocycles. The molecule has 0 amide bonds. The number of hydrogen-bond acceptors (Lipinski definition) is 3. The minimum Gasteiger partial charge on any atom is -0.478 e. The van der Waals surface area contributed by atoms with Crippen LogP contribution in [0.3, 0.4) is 0 Å². The predicted molar refractivity (Wildman–Crippen MR) is 61.3 cm³/mol. The molecule has 1 aromatic carbocycles. The molecule has 0 aliphatic heterocycles. The van der Waals surface area contributed by atoms with E-state index in [1.54, 1.807) is 0 Å². The van der Waals surface area contributed by atoms with Gasteiger partial charge in [-0.25, -0.2) is 22.3 Å². The lowest BCUT2D eigenvalue weighted by molar-refractivity contribution is 0.0696. The molecule has 0 atom stereocenters. The van der Waals surface area contributed by atoms with E-state index in [-0.39, 0.29) is 12.1 Å². The van der Waals surface area contributed by atoms with Crippen molar-refractivity contribution in [3.63, 3.8) is 0 Å². The Morgan fingerprint density at radius 3 is 2.67 bits per heavy atom. The van der Waals surface area contributed by atoms with Crippen molar-refractivity contribution in [2.24, 2.45) is 5.92 Å². The molecule has 0 radical (unpaired) electrons. The van der Waals surface area contributed by atoms with Gasteiger partial charge in [-0.1, -0.05) is 0 Å². The molecule has 5 nitrogen and oxygen atoms in total. The maximum Gasteiger partial charge on any atom is 0.335 e. The van der Waals surface area contributed by atoms with Gasteiger partial charge < -0.3 is 5.11 Å². The maximum atomic E-state index is 13.5. The molecule has 98 valence electrons. The second kappa shape index (κ2) is 4.66. The minimum atomic E-state index is -3.99. The van der Waals surface area contributed by atoms with Crippen LogP contribution in [0, 0.1) is 11.7 Å². The van der Waals surface area contributed by atoms with E-state index in [9.17, 15) is 17.6 Å². The number of nitrogens with one attached hydrogen (secondary N) is 1. The van der Waals surface area contributed by atoms with Gasteiger partial charge in [0, 0.05) is 6.54 Å². The Kier molecular flexibility index (Phi) is 3.36. The molecule has 1 aliphatic carbocycles. The van der Waals surface area contributed by atoms with Gasteiger partial charge in [-0.3, -0.25) is 0 Å². The van der Waals surface area contributed by atoms with E-state index in [1.165, 1.54) is 0 Å². The number of carbonyl (C=O) groups is 1. The second-order valence-corrected chi connectivity index (χ2v) is 5.98. The maximum absolute atomic E-state index is 13.5. The summed E-state index contributed by atoms with van der Waals surface area (Å²) in [5.74, 6) is -1.94. The molecule has 0 bridgehead atoms. The number of carboxylic acids is 1. The summed E-state index contributed by atoms with van der Waals surface area (Å²) in [6, 6.07) is 2.69. The zero-order chi connectivity index (χ0) is 13.3. The van der Waals surface area contributed by atoms with Crippen molar-refractivity contribution < 1.29 is 22.7 Å². The quantitative estimate of drug-likeness (QED) is 0.844. The summed E-state index contributed by atoms with van der Waals surface area (Å²) in [7, 11) is -3.99. The summed E-state index contributed by atoms with van der Waals surface area (Å²) in [6.45, 7) is 0.263. The van der Waals surface area contributed by atoms with E-state index in [4.69, 9.17) is 5.11 Å². The van der Waals surface area contributed by atoms with Crippen molar-refractivity contribution in [1.82, 2.24) is 4.72 Å². The van der Waals surface area contributed by atoms with Gasteiger partial charge in [-0.15, -0.1) is 0 Å². The Balaban J connectivity index is 2.29. The molecule has 0 unspecified atom stereocenters. The molecule has 0 heterocycles. The Morgan fingerprint density at radius 1 is 1.44 bits per heavy atom. The van der Waals surface area contributed by atoms with Crippen LogP contribution in [-0.2, 0) is 10.0 Å². The molecular weight excluding hydrogens is 261 g/mol. The van der Waals surface area contributed by atoms with Gasteiger partial charge in [0.05, 0.1) is 5.56 Å². The van der Waals surface area contributed by atoms with Gasteiger partial charge in [0.25, 0.3) is 0 Å². The van der Waals surface area contributed by atoms with E-state index >= 15 is 0 Å². The van der Waals surface area contributed by atoms with Gasteiger partial charge >= 0.3 is 5.97 Å². The Labute approximate surface area is 104 Å². The summed E-state index contributed by atoms with van der Waals surface area (Å²) in [6.07, 6.45) is 1.92. The monoisotopic (exact) mass is 273 g/mol. The first-order valence-electron chi connectivity index (χ1n) is 5.42. The Bertz CT molecular complexity index is 581. The minimum absolute atomic E-state index is 0.261. The summed E-state index contributed by atoms with van der Waals surface area (Å²) in [4.78, 5) is 10.1. The highest BCUT2D eigenvalue weighted by atomic mass is 32.2. The number of hydrogen-bond donors (Lipinski definition) is 2. The molecule has 1 fully saturated rings. The number of aromatic carboxylic acids is 1. The van der Waals surface area contributed by atoms with Crippen molar-refractivity contribution in [3.05, 3.63) is 29.6 Å². The zero-order valence-corrected chi connectivity index (χ0v) is 10.2. The van der Waals surface area contributed by atoms with Gasteiger partial charge in [0.2, 0.25) is 10.0 Å². The van der Waals surface area contributed by atoms with E-state index < -0.39 is 26.7 Å². The average Bonchev–Trinajstić information content (AvgIpc) is 3.10. The van der Waals surface area contributed by atoms with Gasteiger partial charge in [0.15, 0.2) is 0 Å². The van der Waals surface area contributed by atoms with E-state index in [1.807, 2.05) is 0 Å². The second-order valence-electron chi connectivity index (χ2n) is 4.25. The highest BCUT2D eigenvalue weighted by Crippen LogP contribution is 2.28. The third kappa shape index (κ3) is 2.85. The lowest BCUT2D eigenvalue weighted by Gasteiger charge is -2.07. The van der Waals surface area contributed by atoms with Crippen LogP contribution in [0.4, 0.5) is 4.39 Å². The van der Waals surface area contributed by atoms with Gasteiger partial charge in [-0.05, 0) is 37.0 Å². The largest absolute Gasteiger partial charge is 0.478 e. The number of sulfonamides is 1. The number of rotatable bonds is 5. The fraction of sp³-hybridized carbons (Fsp3) is 0.364. The van der Waals surface area contributed by atoms with E-state index in [2.05, 4.69) is 4.72 Å². The van der Waals surface area contributed by atoms with Crippen LogP contribution in [0.1, 0.15) is 23.2 Å². The lowest BCUT2D eigenvalue weighted by Crippen LogP contribution is -2.27. The summed E-state index contributed by atoms with van der Waals surface area (Å²) in [5.41, 5.74) is -0.261. The Morgan fingerprint density at radius 2 is 2.11 bits per heavy atom. The fourth-order valence-electron chi connectivity index (χ4n) is 1.47. The van der Waals surface area contributed by atoms with Crippen LogP contribution >= 0.6 is 0 Å². The Hall–Kier alpha value is -1.47. The highest BCUT2D eigenvalue weighted by molar-refractivity contribution is 7.89. The van der Waals surface area contributed by atoms with Crippen molar-refractivity contribution in [1.29, 1.82) is 0 Å². The first-order valence-corrected chi connectivity index (χ1v) is 6.91. The average molecular weight is 273 g/mol. The van der Waals surface area contributed by atoms with Crippen molar-refractivity contribution in [3.8, 4) is 0 Å². The lowest BCUT2D eigenvalue weighted by atomic mass is 10.2. The van der Waals surface area contributed by atoms with Crippen LogP contribution < -0.4 is 4.72 Å². The standard InChI is InChI=1S/C11H12FNO4S/c12-9-4-3-8(11(14)15)5-10(9)18(16,17)13-6-7-1-2-7/h3-5,7,13H,1-2,6H2,(H,14,15). The molecule has 0 spiro atoms. The van der Waals surface area contributed by atoms with Crippen LogP contribution in [0.2, 0.25) is 0 Å². The molecular formula is C11H12FNO4S. The first-order chi connectivity index (χ1) is 8.40. The van der Waals surface area contributed by atoms with Crippen molar-refractivity contribution >= 4 is 16.0 Å². The highest BCUT2D eigenvalue weighted by Gasteiger charge is 2.26. The topological polar surface area (TPSA) is 83.5 Å². The summed E-state index contributed by atoms with van der Waals surface area (Å²) in [5, 5.41) is 8.76. The zero-order valence-electron chi connectivity index (χ0n) is 9.39. The van der Waals surface area contributed by atoms with Crippen molar-refractivity contribution in [2.75, 3.05) is 6.54 Å². The molecule has 1 aliphatic rings. The summed E-state index contributed by atoms with van der Waals surface area (Å²) < 4.78 is 39.4. The molecule has 1 aromatic rings. The third-order valence-electron chi connectivity index (χ3n) is 2.73. The van der Waals surface area contributed by atoms with Crippen LogP contribution in [0.15, 0.2) is 23.1 Å². The van der Waals surface area contributed by atoms with Crippen molar-refractivity contribution in [2.45, 2.75) is 17.7 Å². The van der Waals surface area contributed by atoms with E-state index in [0.717, 1.165) is 31.0 Å². The molecule has 18 heavy (non-hydrogen) atoms. The number of halogens is 1. The van der Waals surface area contributed by atoms with Gasteiger partial charge in [0.1, 0.15) is 10.7 Å². The van der Waals surface area contributed by atoms with Crippen LogP contribution in [0.5, 0.6) is 0 Å². The number of carboxylic acid groups (broad SMARTS) is 1. The third-order valence-corrected chi connectivity index (χ3v) is 4.17.